The Kier molecular flexibility index (Phi) is 5.20. The van der Waals surface area contributed by atoms with Crippen LogP contribution in [0.3, 0.4) is 0 Å². The Labute approximate surface area is 115 Å². The third-order valence-electron chi connectivity index (χ3n) is 3.67. The zero-order valence-electron chi connectivity index (χ0n) is 12.8. The Morgan fingerprint density at radius 3 is 2.16 bits per heavy atom. The van der Waals surface area contributed by atoms with E-state index >= 15 is 0 Å². The summed E-state index contributed by atoms with van der Waals surface area (Å²) in [7, 11) is 5.28. The summed E-state index contributed by atoms with van der Waals surface area (Å²) in [5.74, 6) is 1.48. The van der Waals surface area contributed by atoms with Gasteiger partial charge in [-0.1, -0.05) is 0 Å². The Morgan fingerprint density at radius 1 is 1.16 bits per heavy atom. The maximum atomic E-state index is 9.41. The highest BCUT2D eigenvalue weighted by Gasteiger charge is 2.23. The van der Waals surface area contributed by atoms with Crippen molar-refractivity contribution in [3.8, 4) is 11.5 Å². The molecule has 1 aromatic rings. The van der Waals surface area contributed by atoms with Crippen LogP contribution in [-0.2, 0) is 6.54 Å². The molecule has 0 spiro atoms. The van der Waals surface area contributed by atoms with Gasteiger partial charge in [0.2, 0.25) is 0 Å². The highest BCUT2D eigenvalue weighted by Crippen LogP contribution is 2.31. The number of hydrogen-bond acceptors (Lipinski definition) is 4. The van der Waals surface area contributed by atoms with Crippen LogP contribution in [0.2, 0.25) is 0 Å². The van der Waals surface area contributed by atoms with Crippen molar-refractivity contribution in [2.24, 2.45) is 0 Å². The molecule has 0 aliphatic carbocycles. The molecule has 0 aliphatic rings. The van der Waals surface area contributed by atoms with Gasteiger partial charge in [0.15, 0.2) is 11.5 Å². The van der Waals surface area contributed by atoms with Gasteiger partial charge in [-0.05, 0) is 51.1 Å². The van der Waals surface area contributed by atoms with Gasteiger partial charge in [-0.2, -0.15) is 0 Å². The van der Waals surface area contributed by atoms with E-state index in [0.717, 1.165) is 23.6 Å². The molecule has 0 radical (unpaired) electrons. The highest BCUT2D eigenvalue weighted by molar-refractivity contribution is 5.47. The van der Waals surface area contributed by atoms with Crippen LogP contribution in [0.4, 0.5) is 0 Å². The van der Waals surface area contributed by atoms with E-state index in [1.807, 2.05) is 33.0 Å². The van der Waals surface area contributed by atoms with Gasteiger partial charge in [-0.3, -0.25) is 4.90 Å². The van der Waals surface area contributed by atoms with E-state index in [1.165, 1.54) is 5.56 Å². The fourth-order valence-corrected chi connectivity index (χ4v) is 1.78. The van der Waals surface area contributed by atoms with Gasteiger partial charge in [-0.25, -0.2) is 0 Å². The summed E-state index contributed by atoms with van der Waals surface area (Å²) in [6.45, 7) is 6.96. The first-order chi connectivity index (χ1) is 8.85. The highest BCUT2D eigenvalue weighted by atomic mass is 16.5. The minimum atomic E-state index is -0.250. The van der Waals surface area contributed by atoms with Crippen LogP contribution in [0, 0.1) is 6.92 Å². The average Bonchev–Trinajstić information content (AvgIpc) is 2.40. The van der Waals surface area contributed by atoms with Crippen LogP contribution < -0.4 is 9.47 Å². The van der Waals surface area contributed by atoms with E-state index in [0.29, 0.717) is 0 Å². The number of methoxy groups -OCH3 is 2. The maximum Gasteiger partial charge on any atom is 0.161 e. The zero-order valence-corrected chi connectivity index (χ0v) is 12.8. The van der Waals surface area contributed by atoms with E-state index in [-0.39, 0.29) is 12.1 Å². The van der Waals surface area contributed by atoms with Crippen LogP contribution in [0.5, 0.6) is 11.5 Å². The van der Waals surface area contributed by atoms with Gasteiger partial charge < -0.3 is 14.6 Å². The molecule has 108 valence electrons. The predicted octanol–water partition coefficient (Wildman–Crippen LogP) is 2.21. The number of hydrogen-bond donors (Lipinski definition) is 1. The fraction of sp³-hybridized carbons (Fsp3) is 0.600. The van der Waals surface area contributed by atoms with E-state index in [2.05, 4.69) is 11.8 Å². The number of likely N-dealkylation sites (N-methyl/N-ethyl adjacent to an activating group) is 1. The SMILES string of the molecule is COc1cc(C)c(CN(C)C(C)(C)CO)cc1OC. The molecule has 0 aliphatic heterocycles. The van der Waals surface area contributed by atoms with Crippen molar-refractivity contribution in [3.63, 3.8) is 0 Å². The lowest BCUT2D eigenvalue weighted by atomic mass is 10.0. The van der Waals surface area contributed by atoms with Crippen molar-refractivity contribution in [1.82, 2.24) is 4.90 Å². The second-order valence-electron chi connectivity index (χ2n) is 5.46. The molecule has 0 bridgehead atoms. The Bertz CT molecular complexity index is 430. The minimum Gasteiger partial charge on any atom is -0.493 e. The summed E-state index contributed by atoms with van der Waals surface area (Å²) in [4.78, 5) is 2.13. The summed E-state index contributed by atoms with van der Waals surface area (Å²) in [6, 6.07) is 3.98. The predicted molar refractivity (Wildman–Crippen MR) is 76.9 cm³/mol. The molecule has 0 saturated heterocycles. The number of nitrogens with zero attached hydrogens (tertiary/aromatic N) is 1. The summed E-state index contributed by atoms with van der Waals surface area (Å²) in [5.41, 5.74) is 2.07. The van der Waals surface area contributed by atoms with Crippen LogP contribution in [0.25, 0.3) is 0 Å². The lowest BCUT2D eigenvalue weighted by Gasteiger charge is -2.34. The Balaban J connectivity index is 3.02. The lowest BCUT2D eigenvalue weighted by Crippen LogP contribution is -2.43. The molecule has 0 atom stereocenters. The zero-order chi connectivity index (χ0) is 14.6. The van der Waals surface area contributed by atoms with Crippen molar-refractivity contribution in [2.75, 3.05) is 27.9 Å². The van der Waals surface area contributed by atoms with Crippen molar-refractivity contribution in [1.29, 1.82) is 0 Å². The molecular formula is C15H25NO3. The van der Waals surface area contributed by atoms with E-state index < -0.39 is 0 Å². The van der Waals surface area contributed by atoms with Crippen molar-refractivity contribution in [3.05, 3.63) is 23.3 Å². The molecule has 0 heterocycles. The van der Waals surface area contributed by atoms with Gasteiger partial charge in [-0.15, -0.1) is 0 Å². The first-order valence-electron chi connectivity index (χ1n) is 6.39. The molecule has 1 rings (SSSR count). The van der Waals surface area contributed by atoms with Crippen LogP contribution in [0.15, 0.2) is 12.1 Å². The van der Waals surface area contributed by atoms with Gasteiger partial charge in [0, 0.05) is 12.1 Å². The van der Waals surface area contributed by atoms with Gasteiger partial charge in [0.1, 0.15) is 0 Å². The molecule has 19 heavy (non-hydrogen) atoms. The van der Waals surface area contributed by atoms with Crippen LogP contribution in [-0.4, -0.2) is 43.4 Å². The van der Waals surface area contributed by atoms with Gasteiger partial charge in [0.05, 0.1) is 20.8 Å². The summed E-state index contributed by atoms with van der Waals surface area (Å²) in [5, 5.41) is 9.41. The smallest absolute Gasteiger partial charge is 0.161 e. The maximum absolute atomic E-state index is 9.41. The monoisotopic (exact) mass is 267 g/mol. The lowest BCUT2D eigenvalue weighted by molar-refractivity contribution is 0.0732. The molecule has 0 unspecified atom stereocenters. The number of aliphatic hydroxyl groups excluding tert-OH is 1. The van der Waals surface area contributed by atoms with Crippen molar-refractivity contribution >= 4 is 0 Å². The fourth-order valence-electron chi connectivity index (χ4n) is 1.78. The first kappa shape index (κ1) is 15.8. The van der Waals surface area contributed by atoms with Crippen LogP contribution in [0.1, 0.15) is 25.0 Å². The largest absolute Gasteiger partial charge is 0.493 e. The Hall–Kier alpha value is -1.26. The molecule has 1 aromatic carbocycles. The summed E-state index contributed by atoms with van der Waals surface area (Å²) in [6.07, 6.45) is 0. The number of benzene rings is 1. The van der Waals surface area contributed by atoms with Crippen molar-refractivity contribution < 1.29 is 14.6 Å². The number of rotatable bonds is 6. The van der Waals surface area contributed by atoms with E-state index in [9.17, 15) is 5.11 Å². The molecule has 0 saturated carbocycles. The quantitative estimate of drug-likeness (QED) is 0.858. The van der Waals surface area contributed by atoms with Crippen LogP contribution >= 0.6 is 0 Å². The van der Waals surface area contributed by atoms with E-state index in [1.54, 1.807) is 14.2 Å². The number of aliphatic hydroxyl groups is 1. The Morgan fingerprint density at radius 2 is 1.68 bits per heavy atom. The molecule has 4 heteroatoms. The summed E-state index contributed by atoms with van der Waals surface area (Å²) < 4.78 is 10.6. The molecular weight excluding hydrogens is 242 g/mol. The van der Waals surface area contributed by atoms with Crippen molar-refractivity contribution in [2.45, 2.75) is 32.9 Å². The molecule has 0 amide bonds. The average molecular weight is 267 g/mol. The molecule has 0 aromatic heterocycles. The summed E-state index contributed by atoms with van der Waals surface area (Å²) >= 11 is 0. The minimum absolute atomic E-state index is 0.121. The first-order valence-corrected chi connectivity index (χ1v) is 6.39. The third-order valence-corrected chi connectivity index (χ3v) is 3.67. The third kappa shape index (κ3) is 3.61. The molecule has 0 fully saturated rings. The second kappa shape index (κ2) is 6.26. The van der Waals surface area contributed by atoms with Gasteiger partial charge in [0.25, 0.3) is 0 Å². The van der Waals surface area contributed by atoms with Gasteiger partial charge >= 0.3 is 0 Å². The number of ether oxygens (including phenoxy) is 2. The molecule has 1 N–H and O–H groups in total. The topological polar surface area (TPSA) is 41.9 Å². The molecule has 4 nitrogen and oxygen atoms in total. The second-order valence-corrected chi connectivity index (χ2v) is 5.46. The normalized spacial score (nSPS) is 11.8. The number of aryl methyl sites for hydroxylation is 1. The standard InChI is InChI=1S/C15H25NO3/c1-11-7-13(18-5)14(19-6)8-12(11)9-16(4)15(2,3)10-17/h7-8,17H,9-10H2,1-6H3. The van der Waals surface area contributed by atoms with E-state index in [4.69, 9.17) is 9.47 Å².